The van der Waals surface area contributed by atoms with Crippen LogP contribution in [-0.4, -0.2) is 6.66 Å². The third-order valence-corrected chi connectivity index (χ3v) is 1.97. The quantitative estimate of drug-likeness (QED) is 0.504. The van der Waals surface area contributed by atoms with Crippen LogP contribution in [0.3, 0.4) is 0 Å². The molecule has 0 heterocycles. The molecule has 1 unspecified atom stereocenters. The second-order valence-electron chi connectivity index (χ2n) is 1.62. The summed E-state index contributed by atoms with van der Waals surface area (Å²) in [6, 6.07) is 10.5. The smallest absolute Gasteiger partial charge is 0 e. The van der Waals surface area contributed by atoms with Crippen LogP contribution in [-0.2, 0) is 0 Å². The third kappa shape index (κ3) is 1.31. The first-order chi connectivity index (χ1) is 3.93. The number of benzene rings is 1. The van der Waals surface area contributed by atoms with E-state index >= 15 is 0 Å². The van der Waals surface area contributed by atoms with E-state index in [-0.39, 0.29) is 1.43 Å². The largest absolute Gasteiger partial charge is 0.0936 e. The fraction of sp³-hybridized carbons (Fsp3) is 0.143. The van der Waals surface area contributed by atoms with Crippen LogP contribution in [0.1, 0.15) is 1.43 Å². The molecule has 0 aliphatic heterocycles. The molecule has 0 saturated heterocycles. The van der Waals surface area contributed by atoms with Crippen LogP contribution in [0.15, 0.2) is 30.3 Å². The minimum absolute atomic E-state index is 0. The van der Waals surface area contributed by atoms with Gasteiger partial charge in [0.1, 0.15) is 0 Å². The van der Waals surface area contributed by atoms with Gasteiger partial charge in [-0.25, -0.2) is 0 Å². The monoisotopic (exact) mass is 126 g/mol. The highest BCUT2D eigenvalue weighted by molar-refractivity contribution is 7.46. The summed E-state index contributed by atoms with van der Waals surface area (Å²) >= 11 is 0. The van der Waals surface area contributed by atoms with E-state index in [1.165, 1.54) is 5.30 Å². The van der Waals surface area contributed by atoms with Crippen LogP contribution in [0.4, 0.5) is 0 Å². The summed E-state index contributed by atoms with van der Waals surface area (Å²) in [5.41, 5.74) is 0. The summed E-state index contributed by atoms with van der Waals surface area (Å²) in [5.74, 6) is 0. The van der Waals surface area contributed by atoms with Crippen molar-refractivity contribution in [1.82, 2.24) is 0 Å². The molecule has 0 fully saturated rings. The third-order valence-electron chi connectivity index (χ3n) is 1.06. The minimum Gasteiger partial charge on any atom is -0.0936 e. The highest BCUT2D eigenvalue weighted by atomic mass is 31.1. The molecule has 0 radical (unpaired) electrons. The summed E-state index contributed by atoms with van der Waals surface area (Å²) < 4.78 is 0. The average Bonchev–Trinajstić information content (AvgIpc) is 1.90. The Balaban J connectivity index is 0.000000640. The van der Waals surface area contributed by atoms with Gasteiger partial charge in [0.2, 0.25) is 0 Å². The van der Waals surface area contributed by atoms with E-state index in [2.05, 4.69) is 30.9 Å². The van der Waals surface area contributed by atoms with Crippen molar-refractivity contribution in [1.29, 1.82) is 0 Å². The molecule has 1 heteroatoms. The summed E-state index contributed by atoms with van der Waals surface area (Å²) in [7, 11) is 0.930. The van der Waals surface area contributed by atoms with E-state index in [1.54, 1.807) is 0 Å². The van der Waals surface area contributed by atoms with E-state index in [0.717, 1.165) is 8.58 Å². The van der Waals surface area contributed by atoms with Gasteiger partial charge < -0.3 is 0 Å². The summed E-state index contributed by atoms with van der Waals surface area (Å²) in [6.07, 6.45) is 0. The molecule has 1 aromatic rings. The van der Waals surface area contributed by atoms with Gasteiger partial charge in [0, 0.05) is 1.43 Å². The molecule has 0 nitrogen and oxygen atoms in total. The minimum atomic E-state index is 0. The molecular formula is C7H11P. The van der Waals surface area contributed by atoms with Crippen molar-refractivity contribution in [2.45, 2.75) is 0 Å². The molecule has 1 rings (SSSR count). The number of rotatable bonds is 1. The second-order valence-corrected chi connectivity index (χ2v) is 2.69. The van der Waals surface area contributed by atoms with Crippen molar-refractivity contribution in [3.63, 3.8) is 0 Å². The summed E-state index contributed by atoms with van der Waals surface area (Å²) in [5, 5.41) is 1.44. The van der Waals surface area contributed by atoms with Gasteiger partial charge in [-0.15, -0.1) is 0 Å². The molecule has 0 N–H and O–H groups in total. The zero-order valence-corrected chi connectivity index (χ0v) is 5.89. The van der Waals surface area contributed by atoms with Crippen LogP contribution in [0.2, 0.25) is 0 Å². The lowest BCUT2D eigenvalue weighted by molar-refractivity contribution is 1.78. The number of hydrogen-bond acceptors (Lipinski definition) is 0. The molecule has 1 atom stereocenters. The standard InChI is InChI=1S/C7H9P.H2/c1-8-7-5-3-2-4-6-7;/h2-6,8H,1H3;1H. The van der Waals surface area contributed by atoms with Gasteiger partial charge in [-0.05, 0) is 12.0 Å². The van der Waals surface area contributed by atoms with Crippen molar-refractivity contribution < 1.29 is 1.43 Å². The van der Waals surface area contributed by atoms with Gasteiger partial charge in [-0.2, -0.15) is 0 Å². The molecule has 0 saturated carbocycles. The van der Waals surface area contributed by atoms with Crippen LogP contribution in [0.5, 0.6) is 0 Å². The van der Waals surface area contributed by atoms with Crippen LogP contribution in [0, 0.1) is 0 Å². The Morgan fingerprint density at radius 2 is 1.88 bits per heavy atom. The predicted molar refractivity (Wildman–Crippen MR) is 42.4 cm³/mol. The molecule has 0 spiro atoms. The van der Waals surface area contributed by atoms with Crippen LogP contribution in [0.25, 0.3) is 0 Å². The summed E-state index contributed by atoms with van der Waals surface area (Å²) in [6.45, 7) is 2.19. The zero-order valence-electron chi connectivity index (χ0n) is 4.89. The normalized spacial score (nSPS) is 10.6. The molecule has 0 aliphatic carbocycles. The number of hydrogen-bond donors (Lipinski definition) is 0. The maximum absolute atomic E-state index is 2.19. The zero-order chi connectivity index (χ0) is 5.82. The molecular weight excluding hydrogens is 115 g/mol. The molecule has 8 heavy (non-hydrogen) atoms. The predicted octanol–water partition coefficient (Wildman–Crippen LogP) is 1.87. The van der Waals surface area contributed by atoms with Gasteiger partial charge in [0.05, 0.1) is 0 Å². The van der Waals surface area contributed by atoms with E-state index in [9.17, 15) is 0 Å². The maximum atomic E-state index is 2.19. The molecule has 0 bridgehead atoms. The lowest BCUT2D eigenvalue weighted by Crippen LogP contribution is -1.87. The lowest BCUT2D eigenvalue weighted by atomic mass is 10.4. The highest BCUT2D eigenvalue weighted by Crippen LogP contribution is 2.00. The van der Waals surface area contributed by atoms with Crippen molar-refractivity contribution in [2.24, 2.45) is 0 Å². The Bertz CT molecular complexity index is 150. The Labute approximate surface area is 53.2 Å². The van der Waals surface area contributed by atoms with Crippen LogP contribution < -0.4 is 5.30 Å². The Morgan fingerprint density at radius 3 is 2.25 bits per heavy atom. The Morgan fingerprint density at radius 1 is 1.25 bits per heavy atom. The Kier molecular flexibility index (Phi) is 2.05. The van der Waals surface area contributed by atoms with Crippen molar-refractivity contribution >= 4 is 13.9 Å². The molecule has 44 valence electrons. The van der Waals surface area contributed by atoms with Gasteiger partial charge >= 0.3 is 0 Å². The first-order valence-electron chi connectivity index (χ1n) is 2.66. The fourth-order valence-corrected chi connectivity index (χ4v) is 1.13. The van der Waals surface area contributed by atoms with Crippen LogP contribution >= 0.6 is 8.58 Å². The first kappa shape index (κ1) is 5.78. The van der Waals surface area contributed by atoms with Crippen molar-refractivity contribution in [2.75, 3.05) is 6.66 Å². The second kappa shape index (κ2) is 2.84. The summed E-state index contributed by atoms with van der Waals surface area (Å²) in [4.78, 5) is 0. The van der Waals surface area contributed by atoms with E-state index in [4.69, 9.17) is 0 Å². The lowest BCUT2D eigenvalue weighted by Gasteiger charge is -1.89. The Hall–Kier alpha value is -0.350. The molecule has 0 amide bonds. The SMILES string of the molecule is CPc1ccccc1.[HH]. The average molecular weight is 126 g/mol. The molecule has 1 aromatic carbocycles. The first-order valence-corrected chi connectivity index (χ1v) is 4.16. The van der Waals surface area contributed by atoms with Gasteiger partial charge in [0.25, 0.3) is 0 Å². The van der Waals surface area contributed by atoms with E-state index in [1.807, 2.05) is 6.07 Å². The molecule has 0 aromatic heterocycles. The van der Waals surface area contributed by atoms with Crippen molar-refractivity contribution in [3.8, 4) is 0 Å². The fourth-order valence-electron chi connectivity index (χ4n) is 0.605. The van der Waals surface area contributed by atoms with Gasteiger partial charge in [-0.1, -0.05) is 38.9 Å². The van der Waals surface area contributed by atoms with E-state index in [0.29, 0.717) is 0 Å². The maximum Gasteiger partial charge on any atom is 0 e. The highest BCUT2D eigenvalue weighted by Gasteiger charge is 1.79. The van der Waals surface area contributed by atoms with E-state index < -0.39 is 0 Å². The van der Waals surface area contributed by atoms with Gasteiger partial charge in [0.15, 0.2) is 0 Å². The topological polar surface area (TPSA) is 0 Å². The van der Waals surface area contributed by atoms with Gasteiger partial charge in [-0.3, -0.25) is 0 Å². The molecule has 0 aliphatic rings. The van der Waals surface area contributed by atoms with Crippen molar-refractivity contribution in [3.05, 3.63) is 30.3 Å².